The lowest BCUT2D eigenvalue weighted by Crippen LogP contribution is -2.49. The minimum absolute atomic E-state index is 0.157. The van der Waals surface area contributed by atoms with Gasteiger partial charge in [0.1, 0.15) is 0 Å². The van der Waals surface area contributed by atoms with E-state index in [4.69, 9.17) is 4.52 Å². The Kier molecular flexibility index (Phi) is 5.47. The molecular formula is C19H25N3O2S. The van der Waals surface area contributed by atoms with Crippen LogP contribution >= 0.6 is 11.8 Å². The summed E-state index contributed by atoms with van der Waals surface area (Å²) in [5, 5.41) is 4.55. The Morgan fingerprint density at radius 3 is 2.48 bits per heavy atom. The first kappa shape index (κ1) is 18.0. The molecule has 3 rings (SSSR count). The van der Waals surface area contributed by atoms with Gasteiger partial charge in [-0.25, -0.2) is 0 Å². The summed E-state index contributed by atoms with van der Waals surface area (Å²) in [5.74, 6) is 1.98. The minimum Gasteiger partial charge on any atom is -0.341 e. The van der Waals surface area contributed by atoms with Gasteiger partial charge in [0.05, 0.1) is 12.3 Å². The van der Waals surface area contributed by atoms with Crippen molar-refractivity contribution in [2.45, 2.75) is 56.1 Å². The fourth-order valence-corrected chi connectivity index (χ4v) is 3.57. The van der Waals surface area contributed by atoms with E-state index >= 15 is 0 Å². The Morgan fingerprint density at radius 2 is 1.92 bits per heavy atom. The van der Waals surface area contributed by atoms with Crippen LogP contribution in [0.5, 0.6) is 0 Å². The fourth-order valence-electron chi connectivity index (χ4n) is 2.73. The molecule has 0 radical (unpaired) electrons. The number of rotatable bonds is 6. The molecule has 0 spiro atoms. The van der Waals surface area contributed by atoms with Crippen LogP contribution in [0.4, 0.5) is 0 Å². The number of aromatic nitrogens is 2. The number of hydrogen-bond donors (Lipinski definition) is 0. The van der Waals surface area contributed by atoms with Crippen molar-refractivity contribution >= 4 is 17.7 Å². The second-order valence-electron chi connectivity index (χ2n) is 7.13. The number of likely N-dealkylation sites (tertiary alicyclic amines) is 1. The van der Waals surface area contributed by atoms with Crippen LogP contribution in [0.15, 0.2) is 33.7 Å². The smallest absolute Gasteiger partial charge is 0.233 e. The highest BCUT2D eigenvalue weighted by atomic mass is 32.2. The van der Waals surface area contributed by atoms with E-state index in [1.54, 1.807) is 0 Å². The molecule has 25 heavy (non-hydrogen) atoms. The van der Waals surface area contributed by atoms with Crippen molar-refractivity contribution in [3.05, 3.63) is 41.5 Å². The summed E-state index contributed by atoms with van der Waals surface area (Å²) in [6.07, 6.45) is 0.445. The Bertz CT molecular complexity index is 719. The number of carbonyl (C=O) groups excluding carboxylic acids is 1. The van der Waals surface area contributed by atoms with Crippen molar-refractivity contribution in [2.24, 2.45) is 0 Å². The molecule has 0 aliphatic carbocycles. The van der Waals surface area contributed by atoms with E-state index in [0.29, 0.717) is 30.7 Å². The summed E-state index contributed by atoms with van der Waals surface area (Å²) >= 11 is 1.83. The second kappa shape index (κ2) is 7.60. The van der Waals surface area contributed by atoms with Gasteiger partial charge in [0.25, 0.3) is 0 Å². The molecule has 134 valence electrons. The van der Waals surface area contributed by atoms with Crippen LogP contribution in [-0.2, 0) is 11.2 Å². The van der Waals surface area contributed by atoms with Crippen molar-refractivity contribution in [1.82, 2.24) is 15.0 Å². The maximum atomic E-state index is 12.4. The van der Waals surface area contributed by atoms with Gasteiger partial charge in [-0.05, 0) is 17.7 Å². The first-order chi connectivity index (χ1) is 11.9. The normalized spacial score (nSPS) is 15.0. The van der Waals surface area contributed by atoms with Gasteiger partial charge in [-0.3, -0.25) is 4.79 Å². The van der Waals surface area contributed by atoms with Gasteiger partial charge in [-0.1, -0.05) is 45.0 Å². The van der Waals surface area contributed by atoms with Crippen molar-refractivity contribution < 1.29 is 9.32 Å². The number of benzene rings is 1. The van der Waals surface area contributed by atoms with Crippen LogP contribution in [-0.4, -0.2) is 39.3 Å². The first-order valence-electron chi connectivity index (χ1n) is 8.79. The molecule has 1 aromatic heterocycles. The fraction of sp³-hybridized carbons (Fsp3) is 0.526. The van der Waals surface area contributed by atoms with Crippen LogP contribution in [0, 0.1) is 0 Å². The van der Waals surface area contributed by atoms with Gasteiger partial charge < -0.3 is 9.42 Å². The van der Waals surface area contributed by atoms with E-state index < -0.39 is 0 Å². The summed E-state index contributed by atoms with van der Waals surface area (Å²) in [6.45, 7) is 9.76. The topological polar surface area (TPSA) is 59.2 Å². The number of nitrogens with zero attached hydrogens (tertiary/aromatic N) is 3. The van der Waals surface area contributed by atoms with Gasteiger partial charge in [-0.2, -0.15) is 4.98 Å². The molecule has 0 saturated carbocycles. The molecule has 2 aromatic rings. The van der Waals surface area contributed by atoms with Crippen LogP contribution in [0.25, 0.3) is 0 Å². The zero-order valence-electron chi connectivity index (χ0n) is 15.2. The first-order valence-corrected chi connectivity index (χ1v) is 9.67. The van der Waals surface area contributed by atoms with Gasteiger partial charge in [-0.15, -0.1) is 11.8 Å². The number of thioether (sulfide) groups is 1. The molecule has 6 heteroatoms. The van der Waals surface area contributed by atoms with Gasteiger partial charge in [0.2, 0.25) is 11.8 Å². The molecule has 1 aliphatic rings. The third kappa shape index (κ3) is 4.42. The maximum absolute atomic E-state index is 12.4. The van der Waals surface area contributed by atoms with Gasteiger partial charge >= 0.3 is 0 Å². The molecule has 1 fully saturated rings. The Hall–Kier alpha value is -1.82. The average molecular weight is 359 g/mol. The molecule has 0 N–H and O–H groups in total. The summed E-state index contributed by atoms with van der Waals surface area (Å²) in [7, 11) is 0. The van der Waals surface area contributed by atoms with E-state index in [-0.39, 0.29) is 17.7 Å². The molecule has 1 saturated heterocycles. The molecule has 0 bridgehead atoms. The number of carbonyl (C=O) groups is 1. The predicted octanol–water partition coefficient (Wildman–Crippen LogP) is 3.86. The second-order valence-corrected chi connectivity index (χ2v) is 8.78. The van der Waals surface area contributed by atoms with Crippen molar-refractivity contribution in [3.63, 3.8) is 0 Å². The average Bonchev–Trinajstić information content (AvgIpc) is 2.97. The lowest BCUT2D eigenvalue weighted by Gasteiger charge is -2.37. The quantitative estimate of drug-likeness (QED) is 0.733. The Balaban J connectivity index is 1.50. The largest absolute Gasteiger partial charge is 0.341 e. The van der Waals surface area contributed by atoms with Crippen molar-refractivity contribution in [3.8, 4) is 0 Å². The van der Waals surface area contributed by atoms with E-state index in [0.717, 1.165) is 11.4 Å². The van der Waals surface area contributed by atoms with Crippen molar-refractivity contribution in [2.75, 3.05) is 13.1 Å². The summed E-state index contributed by atoms with van der Waals surface area (Å²) in [5.41, 5.74) is 1.06. The Morgan fingerprint density at radius 1 is 1.24 bits per heavy atom. The lowest BCUT2D eigenvalue weighted by molar-refractivity contribution is -0.135. The van der Waals surface area contributed by atoms with Crippen LogP contribution in [0.2, 0.25) is 0 Å². The molecule has 1 aliphatic heterocycles. The van der Waals surface area contributed by atoms with Crippen LogP contribution in [0.3, 0.4) is 0 Å². The molecule has 0 unspecified atom stereocenters. The molecule has 0 atom stereocenters. The molecule has 2 heterocycles. The highest BCUT2D eigenvalue weighted by molar-refractivity contribution is 7.99. The highest BCUT2D eigenvalue weighted by Gasteiger charge is 2.35. The third-order valence-corrected chi connectivity index (χ3v) is 5.22. The van der Waals surface area contributed by atoms with Crippen LogP contribution < -0.4 is 0 Å². The van der Waals surface area contributed by atoms with Crippen LogP contribution in [0.1, 0.15) is 56.8 Å². The summed E-state index contributed by atoms with van der Waals surface area (Å²) in [6, 6.07) is 8.29. The maximum Gasteiger partial charge on any atom is 0.233 e. The monoisotopic (exact) mass is 359 g/mol. The third-order valence-electron chi connectivity index (χ3n) is 4.21. The van der Waals surface area contributed by atoms with E-state index in [2.05, 4.69) is 36.1 Å². The summed E-state index contributed by atoms with van der Waals surface area (Å²) in [4.78, 5) is 19.9. The number of amides is 1. The van der Waals surface area contributed by atoms with Gasteiger partial charge in [0, 0.05) is 29.2 Å². The zero-order valence-corrected chi connectivity index (χ0v) is 16.0. The molecule has 5 nitrogen and oxygen atoms in total. The zero-order chi connectivity index (χ0) is 18.0. The van der Waals surface area contributed by atoms with Crippen molar-refractivity contribution in [1.29, 1.82) is 0 Å². The molecule has 1 aromatic carbocycles. The minimum atomic E-state index is 0.157. The number of hydrogen-bond acceptors (Lipinski definition) is 5. The van der Waals surface area contributed by atoms with E-state index in [9.17, 15) is 4.79 Å². The standard InChI is InChI=1S/C19H25N3O2S/c1-12(2)18-20-19(24-21-18)15-10-22(11-15)17(23)9-14-5-7-16(8-6-14)25-13(3)4/h5-8,12-13,15H,9-11H2,1-4H3. The highest BCUT2D eigenvalue weighted by Crippen LogP contribution is 2.28. The summed E-state index contributed by atoms with van der Waals surface area (Å²) < 4.78 is 5.32. The van der Waals surface area contributed by atoms with E-state index in [1.807, 2.05) is 42.6 Å². The van der Waals surface area contributed by atoms with Gasteiger partial charge in [0.15, 0.2) is 5.82 Å². The lowest BCUT2D eigenvalue weighted by atomic mass is 9.98. The predicted molar refractivity (Wildman–Crippen MR) is 98.8 cm³/mol. The Labute approximate surface area is 153 Å². The molecule has 1 amide bonds. The SMILES string of the molecule is CC(C)Sc1ccc(CC(=O)N2CC(c3nc(C(C)C)no3)C2)cc1. The van der Waals surface area contributed by atoms with E-state index in [1.165, 1.54) is 4.90 Å². The molecular weight excluding hydrogens is 334 g/mol.